The van der Waals surface area contributed by atoms with Crippen LogP contribution in [-0.2, 0) is 7.05 Å². The van der Waals surface area contributed by atoms with Gasteiger partial charge in [0.15, 0.2) is 5.84 Å². The van der Waals surface area contributed by atoms with Crippen molar-refractivity contribution in [1.82, 2.24) is 34.5 Å². The van der Waals surface area contributed by atoms with Crippen LogP contribution in [0.3, 0.4) is 0 Å². The number of benzene rings is 1. The third-order valence-corrected chi connectivity index (χ3v) is 6.62. The zero-order chi connectivity index (χ0) is 25.8. The van der Waals surface area contributed by atoms with E-state index in [1.165, 1.54) is 5.56 Å². The summed E-state index contributed by atoms with van der Waals surface area (Å²) >= 11 is 0. The number of rotatable bonds is 7. The van der Waals surface area contributed by atoms with Gasteiger partial charge in [-0.25, -0.2) is 15.0 Å². The number of nitrogens with zero attached hydrogens (tertiary/aromatic N) is 8. The highest BCUT2D eigenvalue weighted by molar-refractivity contribution is 6.01. The molecule has 0 spiro atoms. The molecule has 0 aliphatic carbocycles. The number of aryl methyl sites for hydroxylation is 1. The molecular formula is C27H32N10. The number of hydrogen-bond donors (Lipinski definition) is 2. The summed E-state index contributed by atoms with van der Waals surface area (Å²) in [7, 11) is 6.05. The number of aromatic nitrogens is 5. The summed E-state index contributed by atoms with van der Waals surface area (Å²) in [6.07, 6.45) is 10.7. The van der Waals surface area contributed by atoms with Crippen LogP contribution in [0, 0.1) is 5.41 Å². The summed E-state index contributed by atoms with van der Waals surface area (Å²) < 4.78 is 1.78. The van der Waals surface area contributed by atoms with Crippen LogP contribution in [0.5, 0.6) is 0 Å². The number of anilines is 1. The zero-order valence-electron chi connectivity index (χ0n) is 21.4. The van der Waals surface area contributed by atoms with E-state index in [0.29, 0.717) is 0 Å². The Kier molecular flexibility index (Phi) is 7.09. The summed E-state index contributed by atoms with van der Waals surface area (Å²) in [6, 6.07) is 12.6. The standard InChI is InChI=1S/C27H32N10/c1-34(2)25(20-7-5-4-6-8-20)22-15-30-27(31-16-22)37-11-9-36(10-12-37)26(32-19-28)24-13-21(14-29-24)23-17-33-35(3)18-23/h4-8,13-19,25,28-29H,9-12H2,1-3H3/t25-/m1/s1. The summed E-state index contributed by atoms with van der Waals surface area (Å²) in [6.45, 7) is 3.04. The molecule has 2 N–H and O–H groups in total. The number of hydrogen-bond acceptors (Lipinski definition) is 6. The van der Waals surface area contributed by atoms with Crippen molar-refractivity contribution in [2.45, 2.75) is 6.04 Å². The first kappa shape index (κ1) is 24.4. The Hall–Kier alpha value is -4.31. The van der Waals surface area contributed by atoms with E-state index < -0.39 is 0 Å². The minimum Gasteiger partial charge on any atom is -0.358 e. The van der Waals surface area contributed by atoms with E-state index in [0.717, 1.165) is 66.7 Å². The van der Waals surface area contributed by atoms with Gasteiger partial charge in [-0.3, -0.25) is 15.0 Å². The van der Waals surface area contributed by atoms with Gasteiger partial charge >= 0.3 is 0 Å². The molecule has 4 aromatic rings. The molecule has 1 aliphatic rings. The summed E-state index contributed by atoms with van der Waals surface area (Å²) in [5, 5.41) is 11.9. The minimum absolute atomic E-state index is 0.101. The molecule has 37 heavy (non-hydrogen) atoms. The quantitative estimate of drug-likeness (QED) is 0.301. The van der Waals surface area contributed by atoms with Crippen LogP contribution in [0.25, 0.3) is 11.1 Å². The first-order valence-electron chi connectivity index (χ1n) is 12.3. The van der Waals surface area contributed by atoms with Crippen molar-refractivity contribution < 1.29 is 0 Å². The molecule has 1 saturated heterocycles. The van der Waals surface area contributed by atoms with E-state index in [1.54, 1.807) is 4.68 Å². The average molecular weight is 497 g/mol. The van der Waals surface area contributed by atoms with E-state index in [4.69, 9.17) is 15.4 Å². The van der Waals surface area contributed by atoms with Gasteiger partial charge in [0.1, 0.15) is 6.34 Å². The molecule has 10 nitrogen and oxygen atoms in total. The van der Waals surface area contributed by atoms with E-state index in [2.05, 4.69) is 74.2 Å². The van der Waals surface area contributed by atoms with Crippen molar-refractivity contribution in [3.05, 3.63) is 84.2 Å². The fourth-order valence-electron chi connectivity index (χ4n) is 4.82. The third-order valence-electron chi connectivity index (χ3n) is 6.62. The summed E-state index contributed by atoms with van der Waals surface area (Å²) in [5.74, 6) is 1.50. The Morgan fingerprint density at radius 3 is 2.38 bits per heavy atom. The Bertz CT molecular complexity index is 1350. The molecule has 1 aromatic carbocycles. The Balaban J connectivity index is 1.26. The molecule has 0 bridgehead atoms. The minimum atomic E-state index is 0.101. The fourth-order valence-corrected chi connectivity index (χ4v) is 4.82. The number of aliphatic imine (C=N–C) groups is 1. The van der Waals surface area contributed by atoms with Gasteiger partial charge in [0, 0.05) is 74.7 Å². The number of amidine groups is 1. The highest BCUT2D eigenvalue weighted by atomic mass is 15.3. The number of nitrogens with one attached hydrogen (secondary N) is 2. The van der Waals surface area contributed by atoms with E-state index in [1.807, 2.05) is 44.1 Å². The monoisotopic (exact) mass is 496 g/mol. The molecule has 4 heterocycles. The SMILES string of the molecule is CN(C)[C@H](c1ccccc1)c1cnc(N2CCN(C(=NC=N)c3cc(-c4cnn(C)c4)c[nH]3)CC2)nc1. The van der Waals surface area contributed by atoms with Crippen molar-refractivity contribution in [2.75, 3.05) is 45.2 Å². The molecule has 0 radical (unpaired) electrons. The molecule has 0 saturated carbocycles. The maximum absolute atomic E-state index is 7.60. The number of piperazine rings is 1. The van der Waals surface area contributed by atoms with Gasteiger partial charge in [0.05, 0.1) is 17.9 Å². The van der Waals surface area contributed by atoms with Crippen molar-refractivity contribution in [3.63, 3.8) is 0 Å². The maximum atomic E-state index is 7.60. The van der Waals surface area contributed by atoms with Gasteiger partial charge in [-0.1, -0.05) is 30.3 Å². The van der Waals surface area contributed by atoms with Crippen molar-refractivity contribution in [1.29, 1.82) is 5.41 Å². The predicted octanol–water partition coefficient (Wildman–Crippen LogP) is 3.03. The molecule has 10 heteroatoms. The third kappa shape index (κ3) is 5.29. The second-order valence-corrected chi connectivity index (χ2v) is 9.35. The molecule has 0 amide bonds. The topological polar surface area (TPSA) is 105 Å². The van der Waals surface area contributed by atoms with Gasteiger partial charge in [0.25, 0.3) is 0 Å². The molecule has 1 atom stereocenters. The second kappa shape index (κ2) is 10.8. The highest BCUT2D eigenvalue weighted by Gasteiger charge is 2.24. The summed E-state index contributed by atoms with van der Waals surface area (Å²) in [5.41, 5.74) is 5.24. The lowest BCUT2D eigenvalue weighted by Crippen LogP contribution is -2.49. The average Bonchev–Trinajstić information content (AvgIpc) is 3.58. The first-order chi connectivity index (χ1) is 18.0. The number of H-pyrrole nitrogens is 1. The first-order valence-corrected chi connectivity index (χ1v) is 12.3. The highest BCUT2D eigenvalue weighted by Crippen LogP contribution is 2.26. The van der Waals surface area contributed by atoms with Crippen molar-refractivity contribution in [2.24, 2.45) is 12.0 Å². The van der Waals surface area contributed by atoms with Crippen LogP contribution in [0.15, 0.2) is 72.4 Å². The molecule has 0 unspecified atom stereocenters. The Labute approximate surface area is 216 Å². The van der Waals surface area contributed by atoms with Crippen LogP contribution in [0.1, 0.15) is 22.9 Å². The molecule has 1 aliphatic heterocycles. The normalized spacial score (nSPS) is 15.3. The van der Waals surface area contributed by atoms with Gasteiger partial charge < -0.3 is 14.8 Å². The maximum Gasteiger partial charge on any atom is 0.225 e. The van der Waals surface area contributed by atoms with Crippen molar-refractivity contribution in [3.8, 4) is 11.1 Å². The zero-order valence-corrected chi connectivity index (χ0v) is 21.4. The molecule has 5 rings (SSSR count). The lowest BCUT2D eigenvalue weighted by molar-refractivity contribution is 0.341. The van der Waals surface area contributed by atoms with Crippen molar-refractivity contribution >= 4 is 18.1 Å². The van der Waals surface area contributed by atoms with Gasteiger partial charge in [-0.05, 0) is 25.7 Å². The van der Waals surface area contributed by atoms with Crippen LogP contribution in [0.2, 0.25) is 0 Å². The van der Waals surface area contributed by atoms with E-state index in [-0.39, 0.29) is 6.04 Å². The largest absolute Gasteiger partial charge is 0.358 e. The van der Waals surface area contributed by atoms with Gasteiger partial charge in [-0.2, -0.15) is 5.10 Å². The van der Waals surface area contributed by atoms with Gasteiger partial charge in [-0.15, -0.1) is 0 Å². The predicted molar refractivity (Wildman–Crippen MR) is 146 cm³/mol. The fraction of sp³-hybridized carbons (Fsp3) is 0.296. The smallest absolute Gasteiger partial charge is 0.225 e. The lowest BCUT2D eigenvalue weighted by atomic mass is 10.0. The molecule has 3 aromatic heterocycles. The molecule has 190 valence electrons. The second-order valence-electron chi connectivity index (χ2n) is 9.35. The van der Waals surface area contributed by atoms with E-state index in [9.17, 15) is 0 Å². The van der Waals surface area contributed by atoms with Gasteiger partial charge in [0.2, 0.25) is 5.95 Å². The van der Waals surface area contributed by atoms with Crippen LogP contribution < -0.4 is 4.90 Å². The Morgan fingerprint density at radius 2 is 1.76 bits per heavy atom. The van der Waals surface area contributed by atoms with Crippen LogP contribution >= 0.6 is 0 Å². The van der Waals surface area contributed by atoms with Crippen LogP contribution in [-0.4, -0.2) is 87.0 Å². The number of aromatic amines is 1. The molecular weight excluding hydrogens is 464 g/mol. The Morgan fingerprint density at radius 1 is 1.03 bits per heavy atom. The van der Waals surface area contributed by atoms with Crippen LogP contribution in [0.4, 0.5) is 5.95 Å². The summed E-state index contributed by atoms with van der Waals surface area (Å²) in [4.78, 5) is 23.7. The molecule has 1 fully saturated rings. The lowest BCUT2D eigenvalue weighted by Gasteiger charge is -2.36. The van der Waals surface area contributed by atoms with E-state index >= 15 is 0 Å².